The first-order chi connectivity index (χ1) is 7.74. The van der Waals surface area contributed by atoms with Crippen LogP contribution in [0.5, 0.6) is 0 Å². The summed E-state index contributed by atoms with van der Waals surface area (Å²) in [4.78, 5) is 10.8. The van der Waals surface area contributed by atoms with Crippen molar-refractivity contribution >= 4 is 16.0 Å². The standard InChI is InChI=1S/C11H15NO4S/c1-7(2)12-17(15,16)10-5-4-9(11(13)14)6-8(10)3/h4-7,12H,1-3H3,(H,13,14). The van der Waals surface area contributed by atoms with Gasteiger partial charge in [-0.3, -0.25) is 0 Å². The molecule has 0 amide bonds. The molecule has 0 saturated carbocycles. The fourth-order valence-corrected chi connectivity index (χ4v) is 2.94. The van der Waals surface area contributed by atoms with E-state index in [1.807, 2.05) is 0 Å². The van der Waals surface area contributed by atoms with E-state index in [9.17, 15) is 13.2 Å². The van der Waals surface area contributed by atoms with Crippen LogP contribution < -0.4 is 4.72 Å². The molecule has 0 aliphatic carbocycles. The van der Waals surface area contributed by atoms with Gasteiger partial charge in [0.2, 0.25) is 10.0 Å². The van der Waals surface area contributed by atoms with Crippen LogP contribution in [0.15, 0.2) is 23.1 Å². The molecule has 6 heteroatoms. The zero-order valence-corrected chi connectivity index (χ0v) is 10.7. The molecule has 0 aromatic heterocycles. The molecular weight excluding hydrogens is 242 g/mol. The normalized spacial score (nSPS) is 11.8. The van der Waals surface area contributed by atoms with Gasteiger partial charge < -0.3 is 5.11 Å². The number of hydrogen-bond donors (Lipinski definition) is 2. The van der Waals surface area contributed by atoms with Crippen LogP contribution >= 0.6 is 0 Å². The highest BCUT2D eigenvalue weighted by Gasteiger charge is 2.18. The van der Waals surface area contributed by atoms with E-state index in [1.165, 1.54) is 18.2 Å². The number of carboxylic acid groups (broad SMARTS) is 1. The molecule has 5 nitrogen and oxygen atoms in total. The summed E-state index contributed by atoms with van der Waals surface area (Å²) in [5.74, 6) is -1.08. The first kappa shape index (κ1) is 13.7. The average Bonchev–Trinajstić information content (AvgIpc) is 2.14. The summed E-state index contributed by atoms with van der Waals surface area (Å²) in [6.45, 7) is 5.01. The fraction of sp³-hybridized carbons (Fsp3) is 0.364. The van der Waals surface area contributed by atoms with Gasteiger partial charge in [0.15, 0.2) is 0 Å². The Morgan fingerprint density at radius 3 is 2.35 bits per heavy atom. The van der Waals surface area contributed by atoms with Gasteiger partial charge in [0, 0.05) is 6.04 Å². The van der Waals surface area contributed by atoms with Crippen molar-refractivity contribution in [1.29, 1.82) is 0 Å². The molecule has 0 bridgehead atoms. The SMILES string of the molecule is Cc1cc(C(=O)O)ccc1S(=O)(=O)NC(C)C. The smallest absolute Gasteiger partial charge is 0.335 e. The number of sulfonamides is 1. The van der Waals surface area contributed by atoms with Crippen molar-refractivity contribution in [1.82, 2.24) is 4.72 Å². The lowest BCUT2D eigenvalue weighted by Gasteiger charge is -2.11. The minimum atomic E-state index is -3.58. The summed E-state index contributed by atoms with van der Waals surface area (Å²) in [6, 6.07) is 3.73. The monoisotopic (exact) mass is 257 g/mol. The van der Waals surface area contributed by atoms with Gasteiger partial charge in [0.05, 0.1) is 10.5 Å². The molecule has 0 fully saturated rings. The number of hydrogen-bond acceptors (Lipinski definition) is 3. The molecule has 2 N–H and O–H groups in total. The predicted octanol–water partition coefficient (Wildman–Crippen LogP) is 1.38. The van der Waals surface area contributed by atoms with Crippen LogP contribution in [-0.4, -0.2) is 25.5 Å². The van der Waals surface area contributed by atoms with Gasteiger partial charge in [-0.15, -0.1) is 0 Å². The Labute approximate surface area is 101 Å². The summed E-state index contributed by atoms with van der Waals surface area (Å²) in [5, 5.41) is 8.78. The largest absolute Gasteiger partial charge is 0.478 e. The molecule has 0 spiro atoms. The topological polar surface area (TPSA) is 83.5 Å². The Morgan fingerprint density at radius 2 is 1.94 bits per heavy atom. The highest BCUT2D eigenvalue weighted by atomic mass is 32.2. The maximum atomic E-state index is 11.9. The van der Waals surface area contributed by atoms with E-state index in [1.54, 1.807) is 20.8 Å². The summed E-state index contributed by atoms with van der Waals surface area (Å²) in [5.41, 5.74) is 0.490. The van der Waals surface area contributed by atoms with Crippen LogP contribution in [0.4, 0.5) is 0 Å². The Kier molecular flexibility index (Phi) is 3.90. The van der Waals surface area contributed by atoms with E-state index in [2.05, 4.69) is 4.72 Å². The maximum Gasteiger partial charge on any atom is 0.335 e. The molecule has 1 rings (SSSR count). The number of aryl methyl sites for hydroxylation is 1. The van der Waals surface area contributed by atoms with Gasteiger partial charge in [-0.25, -0.2) is 17.9 Å². The zero-order chi connectivity index (χ0) is 13.2. The van der Waals surface area contributed by atoms with Crippen molar-refractivity contribution in [3.63, 3.8) is 0 Å². The molecule has 0 heterocycles. The summed E-state index contributed by atoms with van der Waals surface area (Å²) in [7, 11) is -3.58. The number of rotatable bonds is 4. The maximum absolute atomic E-state index is 11.9. The van der Waals surface area contributed by atoms with Crippen molar-refractivity contribution in [2.45, 2.75) is 31.7 Å². The third kappa shape index (κ3) is 3.28. The van der Waals surface area contributed by atoms with Crippen molar-refractivity contribution in [3.05, 3.63) is 29.3 Å². The quantitative estimate of drug-likeness (QED) is 0.853. The van der Waals surface area contributed by atoms with Crippen molar-refractivity contribution in [2.24, 2.45) is 0 Å². The van der Waals surface area contributed by atoms with Crippen LogP contribution in [0.1, 0.15) is 29.8 Å². The third-order valence-corrected chi connectivity index (χ3v) is 3.92. The van der Waals surface area contributed by atoms with E-state index >= 15 is 0 Å². The molecule has 94 valence electrons. The number of aromatic carboxylic acids is 1. The van der Waals surface area contributed by atoms with E-state index in [4.69, 9.17) is 5.11 Å². The Bertz CT molecular complexity index is 534. The Morgan fingerprint density at radius 1 is 1.35 bits per heavy atom. The van der Waals surface area contributed by atoms with Gasteiger partial charge in [-0.05, 0) is 44.5 Å². The highest BCUT2D eigenvalue weighted by molar-refractivity contribution is 7.89. The molecular formula is C11H15NO4S. The first-order valence-corrected chi connectivity index (χ1v) is 6.58. The predicted molar refractivity (Wildman–Crippen MR) is 63.6 cm³/mol. The molecule has 1 aromatic rings. The first-order valence-electron chi connectivity index (χ1n) is 5.10. The molecule has 0 unspecified atom stereocenters. The van der Waals surface area contributed by atoms with Crippen molar-refractivity contribution in [3.8, 4) is 0 Å². The molecule has 0 saturated heterocycles. The van der Waals surface area contributed by atoms with E-state index < -0.39 is 16.0 Å². The Balaban J connectivity index is 3.21. The molecule has 17 heavy (non-hydrogen) atoms. The second kappa shape index (κ2) is 4.85. The fourth-order valence-electron chi connectivity index (χ4n) is 1.46. The third-order valence-electron chi connectivity index (χ3n) is 2.10. The van der Waals surface area contributed by atoms with Crippen molar-refractivity contribution < 1.29 is 18.3 Å². The van der Waals surface area contributed by atoms with E-state index in [0.717, 1.165) is 0 Å². The van der Waals surface area contributed by atoms with Gasteiger partial charge >= 0.3 is 5.97 Å². The summed E-state index contributed by atoms with van der Waals surface area (Å²) >= 11 is 0. The van der Waals surface area contributed by atoms with Crippen molar-refractivity contribution in [2.75, 3.05) is 0 Å². The number of carboxylic acids is 1. The second-order valence-electron chi connectivity index (χ2n) is 4.06. The average molecular weight is 257 g/mol. The Hall–Kier alpha value is -1.40. The lowest BCUT2D eigenvalue weighted by atomic mass is 10.1. The number of carbonyl (C=O) groups is 1. The molecule has 0 aliphatic rings. The van der Waals surface area contributed by atoms with Gasteiger partial charge in [0.25, 0.3) is 0 Å². The van der Waals surface area contributed by atoms with Gasteiger partial charge in [-0.2, -0.15) is 0 Å². The van der Waals surface area contributed by atoms with Crippen LogP contribution in [0, 0.1) is 6.92 Å². The van der Waals surface area contributed by atoms with Crippen LogP contribution in [0.2, 0.25) is 0 Å². The lowest BCUT2D eigenvalue weighted by molar-refractivity contribution is 0.0696. The number of benzene rings is 1. The van der Waals surface area contributed by atoms with Crippen LogP contribution in [0.25, 0.3) is 0 Å². The summed E-state index contributed by atoms with van der Waals surface area (Å²) in [6.07, 6.45) is 0. The van der Waals surface area contributed by atoms with E-state index in [0.29, 0.717) is 5.56 Å². The molecule has 0 aliphatic heterocycles. The second-order valence-corrected chi connectivity index (χ2v) is 5.74. The molecule has 0 radical (unpaired) electrons. The van der Waals surface area contributed by atoms with Gasteiger partial charge in [0.1, 0.15) is 0 Å². The minimum absolute atomic E-state index is 0.0750. The van der Waals surface area contributed by atoms with Gasteiger partial charge in [-0.1, -0.05) is 0 Å². The minimum Gasteiger partial charge on any atom is -0.478 e. The zero-order valence-electron chi connectivity index (χ0n) is 9.89. The van der Waals surface area contributed by atoms with Crippen LogP contribution in [-0.2, 0) is 10.0 Å². The van der Waals surface area contributed by atoms with E-state index in [-0.39, 0.29) is 16.5 Å². The van der Waals surface area contributed by atoms with Crippen LogP contribution in [0.3, 0.4) is 0 Å². The molecule has 0 atom stereocenters. The lowest BCUT2D eigenvalue weighted by Crippen LogP contribution is -2.30. The highest BCUT2D eigenvalue weighted by Crippen LogP contribution is 2.17. The molecule has 1 aromatic carbocycles. The summed E-state index contributed by atoms with van der Waals surface area (Å²) < 4.78 is 26.2. The number of nitrogens with one attached hydrogen (secondary N) is 1.